The van der Waals surface area contributed by atoms with Crippen LogP contribution in [0.15, 0.2) is 30.7 Å². The van der Waals surface area contributed by atoms with Crippen molar-refractivity contribution in [2.24, 2.45) is 7.05 Å². The monoisotopic (exact) mass is 217 g/mol. The lowest BCUT2D eigenvalue weighted by molar-refractivity contribution is 1.01. The zero-order chi connectivity index (χ0) is 10.4. The van der Waals surface area contributed by atoms with Crippen LogP contribution in [0.1, 0.15) is 0 Å². The van der Waals surface area contributed by atoms with Crippen molar-refractivity contribution in [3.05, 3.63) is 35.9 Å². The molecule has 0 N–H and O–H groups in total. The van der Waals surface area contributed by atoms with Crippen molar-refractivity contribution >= 4 is 33.4 Å². The van der Waals surface area contributed by atoms with Gasteiger partial charge in [-0.05, 0) is 12.1 Å². The van der Waals surface area contributed by atoms with Crippen molar-refractivity contribution in [3.8, 4) is 0 Å². The lowest BCUT2D eigenvalue weighted by Crippen LogP contribution is -1.86. The Balaban J connectivity index is 2.70. The lowest BCUT2D eigenvalue weighted by atomic mass is 10.2. The van der Waals surface area contributed by atoms with Crippen molar-refractivity contribution < 1.29 is 0 Å². The molecule has 0 saturated carbocycles. The van der Waals surface area contributed by atoms with Crippen LogP contribution >= 0.6 is 11.6 Å². The standard InChI is InChI=1S/C11H8ClN3/c1-15-8-2-4-13-6-7(8)10-9(15)3-5-14-11(10)12/h2-6H,1H3. The molecule has 74 valence electrons. The van der Waals surface area contributed by atoms with E-state index in [-0.39, 0.29) is 0 Å². The van der Waals surface area contributed by atoms with Gasteiger partial charge in [-0.25, -0.2) is 4.98 Å². The Hall–Kier alpha value is -1.61. The number of fused-ring (bicyclic) bond motifs is 3. The van der Waals surface area contributed by atoms with Crippen molar-refractivity contribution in [1.82, 2.24) is 14.5 Å². The minimum atomic E-state index is 0.533. The molecule has 3 heterocycles. The minimum Gasteiger partial charge on any atom is -0.343 e. The van der Waals surface area contributed by atoms with E-state index in [2.05, 4.69) is 14.5 Å². The summed E-state index contributed by atoms with van der Waals surface area (Å²) in [6, 6.07) is 3.94. The molecular weight excluding hydrogens is 210 g/mol. The van der Waals surface area contributed by atoms with Gasteiger partial charge in [0, 0.05) is 36.4 Å². The SMILES string of the molecule is Cn1c2ccncc2c2c(Cl)nccc21. The van der Waals surface area contributed by atoms with Gasteiger partial charge in [0.15, 0.2) is 0 Å². The third-order valence-electron chi connectivity index (χ3n) is 2.67. The Morgan fingerprint density at radius 3 is 2.87 bits per heavy atom. The Labute approximate surface area is 91.3 Å². The third-order valence-corrected chi connectivity index (χ3v) is 2.96. The molecule has 3 nitrogen and oxygen atoms in total. The molecule has 0 aliphatic carbocycles. The highest BCUT2D eigenvalue weighted by Gasteiger charge is 2.10. The quantitative estimate of drug-likeness (QED) is 0.542. The first-order valence-electron chi connectivity index (χ1n) is 4.61. The number of halogens is 1. The van der Waals surface area contributed by atoms with Crippen LogP contribution in [0.3, 0.4) is 0 Å². The van der Waals surface area contributed by atoms with E-state index in [1.807, 2.05) is 25.4 Å². The Bertz CT molecular complexity index is 657. The van der Waals surface area contributed by atoms with Crippen LogP contribution in [0.5, 0.6) is 0 Å². The molecule has 3 rings (SSSR count). The van der Waals surface area contributed by atoms with Crippen molar-refractivity contribution in [3.63, 3.8) is 0 Å². The van der Waals surface area contributed by atoms with Crippen LogP contribution in [0.2, 0.25) is 5.15 Å². The smallest absolute Gasteiger partial charge is 0.139 e. The summed E-state index contributed by atoms with van der Waals surface area (Å²) >= 11 is 6.10. The van der Waals surface area contributed by atoms with E-state index in [1.165, 1.54) is 0 Å². The highest BCUT2D eigenvalue weighted by molar-refractivity contribution is 6.36. The first kappa shape index (κ1) is 8.68. The molecule has 15 heavy (non-hydrogen) atoms. The third kappa shape index (κ3) is 1.07. The predicted octanol–water partition coefficient (Wildman–Crippen LogP) is 2.77. The van der Waals surface area contributed by atoms with E-state index in [0.29, 0.717) is 5.15 Å². The summed E-state index contributed by atoms with van der Waals surface area (Å²) in [5, 5.41) is 2.56. The van der Waals surface area contributed by atoms with E-state index in [0.717, 1.165) is 21.8 Å². The molecule has 0 atom stereocenters. The molecule has 0 spiro atoms. The fourth-order valence-electron chi connectivity index (χ4n) is 1.96. The van der Waals surface area contributed by atoms with E-state index >= 15 is 0 Å². The Kier molecular flexibility index (Phi) is 1.70. The molecule has 4 heteroatoms. The molecule has 0 aliphatic heterocycles. The van der Waals surface area contributed by atoms with Crippen LogP contribution in [-0.4, -0.2) is 14.5 Å². The molecular formula is C11H8ClN3. The van der Waals surface area contributed by atoms with E-state index in [4.69, 9.17) is 11.6 Å². The number of nitrogens with zero attached hydrogens (tertiary/aromatic N) is 3. The second kappa shape index (κ2) is 2.94. The first-order chi connectivity index (χ1) is 7.29. The number of hydrogen-bond acceptors (Lipinski definition) is 2. The highest BCUT2D eigenvalue weighted by Crippen LogP contribution is 2.30. The molecule has 0 unspecified atom stereocenters. The summed E-state index contributed by atoms with van der Waals surface area (Å²) in [5.41, 5.74) is 2.20. The van der Waals surface area contributed by atoms with Crippen molar-refractivity contribution in [2.75, 3.05) is 0 Å². The van der Waals surface area contributed by atoms with E-state index in [9.17, 15) is 0 Å². The molecule has 0 bridgehead atoms. The van der Waals surface area contributed by atoms with Gasteiger partial charge in [-0.3, -0.25) is 4.98 Å². The average Bonchev–Trinajstić information content (AvgIpc) is 2.55. The molecule has 0 aromatic carbocycles. The maximum Gasteiger partial charge on any atom is 0.139 e. The molecule has 0 aliphatic rings. The van der Waals surface area contributed by atoms with Gasteiger partial charge in [0.2, 0.25) is 0 Å². The highest BCUT2D eigenvalue weighted by atomic mass is 35.5. The fourth-order valence-corrected chi connectivity index (χ4v) is 2.21. The molecule has 3 aromatic rings. The van der Waals surface area contributed by atoms with E-state index < -0.39 is 0 Å². The maximum atomic E-state index is 6.10. The van der Waals surface area contributed by atoms with Gasteiger partial charge < -0.3 is 4.57 Å². The minimum absolute atomic E-state index is 0.533. The normalized spacial score (nSPS) is 11.3. The second-order valence-corrected chi connectivity index (χ2v) is 3.81. The van der Waals surface area contributed by atoms with Gasteiger partial charge in [-0.15, -0.1) is 0 Å². The van der Waals surface area contributed by atoms with Crippen LogP contribution in [0.4, 0.5) is 0 Å². The predicted molar refractivity (Wildman–Crippen MR) is 61.0 cm³/mol. The second-order valence-electron chi connectivity index (χ2n) is 3.45. The summed E-state index contributed by atoms with van der Waals surface area (Å²) in [7, 11) is 2.01. The fraction of sp³-hybridized carbons (Fsp3) is 0.0909. The van der Waals surface area contributed by atoms with Gasteiger partial charge in [0.25, 0.3) is 0 Å². The number of aromatic nitrogens is 3. The van der Waals surface area contributed by atoms with Gasteiger partial charge in [-0.1, -0.05) is 11.6 Å². The van der Waals surface area contributed by atoms with Gasteiger partial charge in [0.1, 0.15) is 5.15 Å². The van der Waals surface area contributed by atoms with Crippen LogP contribution < -0.4 is 0 Å². The number of pyridine rings is 2. The molecule has 0 amide bonds. The molecule has 0 radical (unpaired) electrons. The molecule has 0 saturated heterocycles. The zero-order valence-electron chi connectivity index (χ0n) is 8.11. The number of rotatable bonds is 0. The summed E-state index contributed by atoms with van der Waals surface area (Å²) < 4.78 is 2.10. The Morgan fingerprint density at radius 2 is 2.00 bits per heavy atom. The van der Waals surface area contributed by atoms with Crippen LogP contribution in [0.25, 0.3) is 21.8 Å². The van der Waals surface area contributed by atoms with E-state index in [1.54, 1.807) is 12.4 Å². The number of aryl methyl sites for hydroxylation is 1. The molecule has 0 fully saturated rings. The van der Waals surface area contributed by atoms with Gasteiger partial charge in [-0.2, -0.15) is 0 Å². The molecule has 3 aromatic heterocycles. The van der Waals surface area contributed by atoms with Gasteiger partial charge >= 0.3 is 0 Å². The van der Waals surface area contributed by atoms with Crippen molar-refractivity contribution in [1.29, 1.82) is 0 Å². The summed E-state index contributed by atoms with van der Waals surface area (Å²) in [6.07, 6.45) is 5.32. The lowest BCUT2D eigenvalue weighted by Gasteiger charge is -1.96. The largest absolute Gasteiger partial charge is 0.343 e. The maximum absolute atomic E-state index is 6.10. The summed E-state index contributed by atoms with van der Waals surface area (Å²) in [5.74, 6) is 0. The topological polar surface area (TPSA) is 30.7 Å². The van der Waals surface area contributed by atoms with Crippen molar-refractivity contribution in [2.45, 2.75) is 0 Å². The first-order valence-corrected chi connectivity index (χ1v) is 4.99. The summed E-state index contributed by atoms with van der Waals surface area (Å²) in [4.78, 5) is 8.21. The van der Waals surface area contributed by atoms with Crippen LogP contribution in [0, 0.1) is 0 Å². The van der Waals surface area contributed by atoms with Gasteiger partial charge in [0.05, 0.1) is 11.0 Å². The summed E-state index contributed by atoms with van der Waals surface area (Å²) in [6.45, 7) is 0. The zero-order valence-corrected chi connectivity index (χ0v) is 8.86. The average molecular weight is 218 g/mol. The Morgan fingerprint density at radius 1 is 1.20 bits per heavy atom. The van der Waals surface area contributed by atoms with Crippen LogP contribution in [-0.2, 0) is 7.05 Å². The number of hydrogen-bond donors (Lipinski definition) is 0.